The van der Waals surface area contributed by atoms with Gasteiger partial charge in [0.05, 0.1) is 30.1 Å². The van der Waals surface area contributed by atoms with Crippen LogP contribution < -0.4 is 14.4 Å². The van der Waals surface area contributed by atoms with Gasteiger partial charge in [0.25, 0.3) is 0 Å². The van der Waals surface area contributed by atoms with Crippen LogP contribution in [0.3, 0.4) is 0 Å². The molecule has 236 valence electrons. The zero-order valence-corrected chi connectivity index (χ0v) is 24.9. The van der Waals surface area contributed by atoms with Gasteiger partial charge in [0, 0.05) is 30.6 Å². The molecule has 0 spiro atoms. The fourth-order valence-electron chi connectivity index (χ4n) is 7.48. The predicted molar refractivity (Wildman–Crippen MR) is 165 cm³/mol. The number of phenolic OH excluding ortho intramolecular Hbond substituents is 1. The van der Waals surface area contributed by atoms with Gasteiger partial charge in [-0.1, -0.05) is 12.0 Å². The SMILES string of the molecule is C#Cc1c(F)ccc2cc(O)cc(-c3nc4c5c(nc(OC[C@@]67CCCN6C/C(=C\F)C7)nc5c3F)N3CCCOC[C@H]3CO4)c12. The van der Waals surface area contributed by atoms with Crippen LogP contribution >= 0.6 is 0 Å². The van der Waals surface area contributed by atoms with Crippen molar-refractivity contribution in [1.29, 1.82) is 0 Å². The van der Waals surface area contributed by atoms with Crippen molar-refractivity contribution >= 4 is 27.5 Å². The molecule has 4 aliphatic heterocycles. The predicted octanol–water partition coefficient (Wildman–Crippen LogP) is 5.27. The topological polar surface area (TPSA) is 93.1 Å². The van der Waals surface area contributed by atoms with Gasteiger partial charge in [0.2, 0.25) is 5.88 Å². The van der Waals surface area contributed by atoms with E-state index in [2.05, 4.69) is 20.8 Å². The third kappa shape index (κ3) is 4.52. The van der Waals surface area contributed by atoms with Crippen LogP contribution in [0.4, 0.5) is 19.0 Å². The fourth-order valence-corrected chi connectivity index (χ4v) is 7.48. The van der Waals surface area contributed by atoms with Crippen molar-refractivity contribution < 1.29 is 32.5 Å². The van der Waals surface area contributed by atoms with Crippen molar-refractivity contribution in [2.75, 3.05) is 51.0 Å². The third-order valence-corrected chi connectivity index (χ3v) is 9.60. The summed E-state index contributed by atoms with van der Waals surface area (Å²) in [5.41, 5.74) is 0.00316. The third-order valence-electron chi connectivity index (χ3n) is 9.60. The maximum absolute atomic E-state index is 16.9. The number of hydrogen-bond acceptors (Lipinski definition) is 9. The summed E-state index contributed by atoms with van der Waals surface area (Å²) in [4.78, 5) is 18.2. The molecule has 8 rings (SSSR count). The number of terminal acetylenes is 1. The van der Waals surface area contributed by atoms with Gasteiger partial charge in [-0.3, -0.25) is 4.90 Å². The summed E-state index contributed by atoms with van der Waals surface area (Å²) in [7, 11) is 0. The Labute approximate surface area is 262 Å². The van der Waals surface area contributed by atoms with E-state index in [1.807, 2.05) is 4.90 Å². The molecule has 2 aromatic heterocycles. The Kier molecular flexibility index (Phi) is 6.92. The van der Waals surface area contributed by atoms with Gasteiger partial charge in [0.1, 0.15) is 47.2 Å². The number of phenols is 1. The molecule has 3 saturated heterocycles. The first kappa shape index (κ1) is 28.8. The molecule has 0 radical (unpaired) electrons. The van der Waals surface area contributed by atoms with E-state index in [-0.39, 0.29) is 70.0 Å². The normalized spacial score (nSPS) is 23.6. The second kappa shape index (κ2) is 11.0. The van der Waals surface area contributed by atoms with E-state index < -0.39 is 17.2 Å². The summed E-state index contributed by atoms with van der Waals surface area (Å²) < 4.78 is 63.7. The Morgan fingerprint density at radius 3 is 2.87 bits per heavy atom. The lowest BCUT2D eigenvalue weighted by Crippen LogP contribution is -2.43. The zero-order valence-electron chi connectivity index (χ0n) is 24.9. The molecular weight excluding hydrogens is 599 g/mol. The molecule has 3 fully saturated rings. The van der Waals surface area contributed by atoms with Crippen molar-refractivity contribution in [3.8, 4) is 41.2 Å². The van der Waals surface area contributed by atoms with E-state index in [1.54, 1.807) is 0 Å². The van der Waals surface area contributed by atoms with Crippen LogP contribution in [0.2, 0.25) is 0 Å². The molecule has 0 bridgehead atoms. The molecule has 2 aromatic carbocycles. The van der Waals surface area contributed by atoms with Gasteiger partial charge in [-0.2, -0.15) is 9.97 Å². The highest BCUT2D eigenvalue weighted by molar-refractivity contribution is 6.04. The quantitative estimate of drug-likeness (QED) is 0.303. The summed E-state index contributed by atoms with van der Waals surface area (Å²) in [6, 6.07) is 5.11. The van der Waals surface area contributed by atoms with Gasteiger partial charge >= 0.3 is 6.01 Å². The van der Waals surface area contributed by atoms with Gasteiger partial charge in [-0.15, -0.1) is 6.42 Å². The maximum atomic E-state index is 16.9. The number of ether oxygens (including phenoxy) is 3. The van der Waals surface area contributed by atoms with E-state index in [4.69, 9.17) is 25.6 Å². The lowest BCUT2D eigenvalue weighted by atomic mass is 9.94. The van der Waals surface area contributed by atoms with Gasteiger partial charge in [-0.25, -0.2) is 18.2 Å². The largest absolute Gasteiger partial charge is 0.508 e. The minimum Gasteiger partial charge on any atom is -0.508 e. The number of hydrogen-bond donors (Lipinski definition) is 1. The minimum absolute atomic E-state index is 0.0367. The van der Waals surface area contributed by atoms with Crippen LogP contribution in [0.15, 0.2) is 36.2 Å². The van der Waals surface area contributed by atoms with Crippen LogP contribution in [0.1, 0.15) is 31.2 Å². The lowest BCUT2D eigenvalue weighted by Gasteiger charge is -2.31. The monoisotopic (exact) mass is 629 g/mol. The molecule has 12 heteroatoms. The molecule has 0 aliphatic carbocycles. The number of aromatic hydroxyl groups is 1. The number of aromatic nitrogens is 3. The number of halogens is 3. The van der Waals surface area contributed by atoms with Crippen molar-refractivity contribution in [1.82, 2.24) is 19.9 Å². The number of anilines is 1. The minimum atomic E-state index is -0.830. The first-order chi connectivity index (χ1) is 22.4. The zero-order chi connectivity index (χ0) is 31.6. The van der Waals surface area contributed by atoms with Crippen LogP contribution in [0, 0.1) is 24.0 Å². The molecule has 46 heavy (non-hydrogen) atoms. The number of pyridine rings is 1. The number of fused-ring (bicyclic) bond motifs is 4. The summed E-state index contributed by atoms with van der Waals surface area (Å²) >= 11 is 0. The first-order valence-electron chi connectivity index (χ1n) is 15.4. The van der Waals surface area contributed by atoms with Crippen molar-refractivity contribution in [3.63, 3.8) is 0 Å². The molecule has 9 nitrogen and oxygen atoms in total. The Morgan fingerprint density at radius 2 is 2.02 bits per heavy atom. The Hall–Kier alpha value is -4.60. The highest BCUT2D eigenvalue weighted by Crippen LogP contribution is 2.45. The van der Waals surface area contributed by atoms with Gasteiger partial charge in [0.15, 0.2) is 5.82 Å². The van der Waals surface area contributed by atoms with Crippen molar-refractivity contribution in [2.45, 2.75) is 37.3 Å². The molecule has 0 amide bonds. The van der Waals surface area contributed by atoms with Crippen molar-refractivity contribution in [3.05, 3.63) is 53.4 Å². The molecule has 1 N–H and O–H groups in total. The Bertz CT molecular complexity index is 1980. The molecular formula is C34H30F3N5O4. The number of nitrogens with zero attached hydrogens (tertiary/aromatic N) is 5. The maximum Gasteiger partial charge on any atom is 0.319 e. The van der Waals surface area contributed by atoms with E-state index in [9.17, 15) is 13.9 Å². The summed E-state index contributed by atoms with van der Waals surface area (Å²) in [6.07, 6.45) is 9.42. The average molecular weight is 630 g/mol. The lowest BCUT2D eigenvalue weighted by molar-refractivity contribution is 0.108. The number of benzene rings is 2. The van der Waals surface area contributed by atoms with Crippen LogP contribution in [0.25, 0.3) is 32.9 Å². The Balaban J connectivity index is 1.33. The highest BCUT2D eigenvalue weighted by atomic mass is 19.1. The van der Waals surface area contributed by atoms with E-state index in [0.717, 1.165) is 19.4 Å². The van der Waals surface area contributed by atoms with E-state index in [1.165, 1.54) is 24.3 Å². The molecule has 0 saturated carbocycles. The van der Waals surface area contributed by atoms with E-state index in [0.29, 0.717) is 62.3 Å². The van der Waals surface area contributed by atoms with Gasteiger partial charge < -0.3 is 24.2 Å². The second-order valence-electron chi connectivity index (χ2n) is 12.4. The standard InChI is InChI=1S/C34H30F3N5O4/c1-2-23-25(36)6-5-20-11-22(43)12-24(26(20)23)29-28(37)30-27-31(42-9-4-10-44-16-21(42)17-45-32(27)38-29)40-33(39-30)46-18-34-7-3-8-41(34)15-19(13-34)14-35/h1,5-6,11-12,14,21,43H,3-4,7-10,13,15-18H2/b19-14-/t21-,34-/m0/s1. The van der Waals surface area contributed by atoms with Crippen molar-refractivity contribution in [2.24, 2.45) is 0 Å². The molecule has 2 atom stereocenters. The second-order valence-corrected chi connectivity index (χ2v) is 12.4. The highest BCUT2D eigenvalue weighted by Gasteiger charge is 2.47. The van der Waals surface area contributed by atoms with E-state index >= 15 is 4.39 Å². The van der Waals surface area contributed by atoms with Crippen LogP contribution in [-0.4, -0.2) is 82.6 Å². The first-order valence-corrected chi connectivity index (χ1v) is 15.4. The fraction of sp³-hybridized carbons (Fsp3) is 0.382. The molecule has 4 aliphatic rings. The smallest absolute Gasteiger partial charge is 0.319 e. The number of rotatable bonds is 4. The summed E-state index contributed by atoms with van der Waals surface area (Å²) in [6.45, 7) is 3.26. The molecule has 4 aromatic rings. The Morgan fingerprint density at radius 1 is 1.13 bits per heavy atom. The molecule has 0 unspecified atom stereocenters. The average Bonchev–Trinajstić information content (AvgIpc) is 3.45. The van der Waals surface area contributed by atoms with Crippen LogP contribution in [-0.2, 0) is 4.74 Å². The van der Waals surface area contributed by atoms with Crippen LogP contribution in [0.5, 0.6) is 17.6 Å². The summed E-state index contributed by atoms with van der Waals surface area (Å²) in [5.74, 6) is 1.19. The summed E-state index contributed by atoms with van der Waals surface area (Å²) in [5, 5.41) is 11.5. The molecule has 6 heterocycles. The van der Waals surface area contributed by atoms with Gasteiger partial charge in [-0.05, 0) is 61.4 Å².